The third kappa shape index (κ3) is 5.26. The van der Waals surface area contributed by atoms with Gasteiger partial charge in [0.15, 0.2) is 0 Å². The van der Waals surface area contributed by atoms with Crippen molar-refractivity contribution in [1.82, 2.24) is 10.2 Å². The van der Waals surface area contributed by atoms with E-state index in [1.807, 2.05) is 36.4 Å². The molecule has 150 valence electrons. The van der Waals surface area contributed by atoms with Gasteiger partial charge in [0.25, 0.3) is 0 Å². The summed E-state index contributed by atoms with van der Waals surface area (Å²) < 4.78 is 10.9. The maximum Gasteiger partial charge on any atom is 0.234 e. The Morgan fingerprint density at radius 3 is 2.71 bits per heavy atom. The minimum atomic E-state index is 0.0850. The molecule has 1 amide bonds. The zero-order valence-electron chi connectivity index (χ0n) is 16.8. The highest BCUT2D eigenvalue weighted by atomic mass is 16.5. The highest BCUT2D eigenvalue weighted by molar-refractivity contribution is 5.78. The van der Waals surface area contributed by atoms with Crippen molar-refractivity contribution in [2.45, 2.75) is 31.7 Å². The third-order valence-corrected chi connectivity index (χ3v) is 5.31. The average molecular weight is 383 g/mol. The molecule has 0 unspecified atom stereocenters. The first-order valence-corrected chi connectivity index (χ1v) is 9.98. The number of ether oxygens (including phenoxy) is 2. The van der Waals surface area contributed by atoms with Gasteiger partial charge in [-0.25, -0.2) is 0 Å². The number of benzene rings is 2. The van der Waals surface area contributed by atoms with Crippen LogP contribution in [0.5, 0.6) is 11.5 Å². The van der Waals surface area contributed by atoms with Crippen LogP contribution < -0.4 is 14.8 Å². The molecule has 0 bridgehead atoms. The monoisotopic (exact) mass is 382 g/mol. The predicted octanol–water partition coefficient (Wildman–Crippen LogP) is 3.59. The molecule has 0 saturated carbocycles. The van der Waals surface area contributed by atoms with E-state index >= 15 is 0 Å². The van der Waals surface area contributed by atoms with Crippen LogP contribution >= 0.6 is 0 Å². The first kappa shape index (κ1) is 20.2. The van der Waals surface area contributed by atoms with Crippen LogP contribution in [0.25, 0.3) is 0 Å². The number of rotatable bonds is 9. The standard InChI is InChI=1S/C23H30N2O3/c1-27-19-12-13-22(28-2)20(16-19)21-11-7-15-25(21)17-23(26)24-14-6-10-18-8-4-3-5-9-18/h3-5,8-9,12-13,16,21H,6-7,10-11,14-15,17H2,1-2H3,(H,24,26)/t21-/m1/s1. The second-order valence-corrected chi connectivity index (χ2v) is 7.18. The highest BCUT2D eigenvalue weighted by Gasteiger charge is 2.30. The number of nitrogens with zero attached hydrogens (tertiary/aromatic N) is 1. The van der Waals surface area contributed by atoms with Crippen molar-refractivity contribution in [2.75, 3.05) is 33.9 Å². The summed E-state index contributed by atoms with van der Waals surface area (Å²) in [5.74, 6) is 1.75. The number of hydrogen-bond acceptors (Lipinski definition) is 4. The molecule has 2 aromatic rings. The van der Waals surface area contributed by atoms with E-state index in [-0.39, 0.29) is 11.9 Å². The number of nitrogens with one attached hydrogen (secondary N) is 1. The molecule has 1 fully saturated rings. The van der Waals surface area contributed by atoms with E-state index in [2.05, 4.69) is 22.3 Å². The Morgan fingerprint density at radius 2 is 1.96 bits per heavy atom. The molecule has 1 saturated heterocycles. The van der Waals surface area contributed by atoms with Gasteiger partial charge < -0.3 is 14.8 Å². The maximum atomic E-state index is 12.5. The topological polar surface area (TPSA) is 50.8 Å². The fraction of sp³-hybridized carbons (Fsp3) is 0.435. The highest BCUT2D eigenvalue weighted by Crippen LogP contribution is 2.38. The third-order valence-electron chi connectivity index (χ3n) is 5.31. The number of methoxy groups -OCH3 is 2. The first-order chi connectivity index (χ1) is 13.7. The number of likely N-dealkylation sites (tertiary alicyclic amines) is 1. The lowest BCUT2D eigenvalue weighted by molar-refractivity contribution is -0.122. The van der Waals surface area contributed by atoms with Crippen LogP contribution in [-0.2, 0) is 11.2 Å². The summed E-state index contributed by atoms with van der Waals surface area (Å²) in [5.41, 5.74) is 2.40. The molecule has 0 spiro atoms. The van der Waals surface area contributed by atoms with Gasteiger partial charge in [-0.15, -0.1) is 0 Å². The van der Waals surface area contributed by atoms with Gasteiger partial charge in [-0.3, -0.25) is 9.69 Å². The number of hydrogen-bond donors (Lipinski definition) is 1. The van der Waals surface area contributed by atoms with Crippen molar-refractivity contribution in [1.29, 1.82) is 0 Å². The summed E-state index contributed by atoms with van der Waals surface area (Å²) in [6, 6.07) is 16.4. The molecule has 1 N–H and O–H groups in total. The van der Waals surface area contributed by atoms with Gasteiger partial charge in [0.05, 0.1) is 20.8 Å². The van der Waals surface area contributed by atoms with Crippen LogP contribution in [0.1, 0.15) is 36.4 Å². The largest absolute Gasteiger partial charge is 0.497 e. The SMILES string of the molecule is COc1ccc(OC)c([C@H]2CCCN2CC(=O)NCCCc2ccccc2)c1. The first-order valence-electron chi connectivity index (χ1n) is 9.98. The van der Waals surface area contributed by atoms with Crippen LogP contribution in [0.15, 0.2) is 48.5 Å². The normalized spacial score (nSPS) is 16.7. The van der Waals surface area contributed by atoms with Crippen molar-refractivity contribution in [3.8, 4) is 11.5 Å². The number of amides is 1. The quantitative estimate of drug-likeness (QED) is 0.674. The van der Waals surface area contributed by atoms with E-state index < -0.39 is 0 Å². The minimum Gasteiger partial charge on any atom is -0.497 e. The summed E-state index contributed by atoms with van der Waals surface area (Å²) in [4.78, 5) is 14.7. The van der Waals surface area contributed by atoms with Crippen molar-refractivity contribution in [2.24, 2.45) is 0 Å². The molecule has 1 heterocycles. The zero-order chi connectivity index (χ0) is 19.8. The van der Waals surface area contributed by atoms with Crippen LogP contribution in [0.3, 0.4) is 0 Å². The van der Waals surface area contributed by atoms with E-state index in [1.165, 1.54) is 5.56 Å². The van der Waals surface area contributed by atoms with Crippen molar-refractivity contribution < 1.29 is 14.3 Å². The van der Waals surface area contributed by atoms with E-state index in [1.54, 1.807) is 14.2 Å². The zero-order valence-corrected chi connectivity index (χ0v) is 16.8. The molecular formula is C23H30N2O3. The fourth-order valence-corrected chi connectivity index (χ4v) is 3.87. The summed E-state index contributed by atoms with van der Waals surface area (Å²) in [5, 5.41) is 3.07. The minimum absolute atomic E-state index is 0.0850. The van der Waals surface area contributed by atoms with E-state index in [0.29, 0.717) is 13.1 Å². The Morgan fingerprint density at radius 1 is 1.14 bits per heavy atom. The van der Waals surface area contributed by atoms with Crippen LogP contribution in [0.4, 0.5) is 0 Å². The van der Waals surface area contributed by atoms with E-state index in [9.17, 15) is 4.79 Å². The molecule has 0 aromatic heterocycles. The number of carbonyl (C=O) groups excluding carboxylic acids is 1. The van der Waals surface area contributed by atoms with Crippen molar-refractivity contribution in [3.05, 3.63) is 59.7 Å². The van der Waals surface area contributed by atoms with Gasteiger partial charge in [0.1, 0.15) is 11.5 Å². The molecule has 1 atom stereocenters. The van der Waals surface area contributed by atoms with Gasteiger partial charge in [0, 0.05) is 18.2 Å². The Balaban J connectivity index is 1.52. The fourth-order valence-electron chi connectivity index (χ4n) is 3.87. The van der Waals surface area contributed by atoms with Gasteiger partial charge in [0.2, 0.25) is 5.91 Å². The summed E-state index contributed by atoms with van der Waals surface area (Å²) in [6.45, 7) is 2.04. The van der Waals surface area contributed by atoms with Crippen molar-refractivity contribution in [3.63, 3.8) is 0 Å². The molecule has 2 aromatic carbocycles. The molecule has 1 aliphatic heterocycles. The Labute approximate surface area is 167 Å². The smallest absolute Gasteiger partial charge is 0.234 e. The second kappa shape index (κ2) is 10.1. The number of carbonyl (C=O) groups is 1. The average Bonchev–Trinajstić information content (AvgIpc) is 3.19. The molecule has 1 aliphatic rings. The molecule has 0 radical (unpaired) electrons. The van der Waals surface area contributed by atoms with Crippen LogP contribution in [-0.4, -0.2) is 44.7 Å². The summed E-state index contributed by atoms with van der Waals surface area (Å²) in [7, 11) is 3.35. The predicted molar refractivity (Wildman–Crippen MR) is 111 cm³/mol. The summed E-state index contributed by atoms with van der Waals surface area (Å²) >= 11 is 0. The molecule has 28 heavy (non-hydrogen) atoms. The van der Waals surface area contributed by atoms with Crippen molar-refractivity contribution >= 4 is 5.91 Å². The molecule has 0 aliphatic carbocycles. The van der Waals surface area contributed by atoms with Crippen LogP contribution in [0, 0.1) is 0 Å². The van der Waals surface area contributed by atoms with E-state index in [4.69, 9.17) is 9.47 Å². The maximum absolute atomic E-state index is 12.5. The molecule has 3 rings (SSSR count). The van der Waals surface area contributed by atoms with E-state index in [0.717, 1.165) is 49.3 Å². The summed E-state index contributed by atoms with van der Waals surface area (Å²) in [6.07, 6.45) is 4.02. The van der Waals surface area contributed by atoms with Gasteiger partial charge >= 0.3 is 0 Å². The van der Waals surface area contributed by atoms with Gasteiger partial charge in [-0.05, 0) is 56.0 Å². The molecular weight excluding hydrogens is 352 g/mol. The Hall–Kier alpha value is -2.53. The van der Waals surface area contributed by atoms with Gasteiger partial charge in [-0.1, -0.05) is 30.3 Å². The Bertz CT molecular complexity index is 764. The molecule has 5 nitrogen and oxygen atoms in total. The number of aryl methyl sites for hydroxylation is 1. The lowest BCUT2D eigenvalue weighted by Crippen LogP contribution is -2.37. The second-order valence-electron chi connectivity index (χ2n) is 7.18. The van der Waals surface area contributed by atoms with Gasteiger partial charge in [-0.2, -0.15) is 0 Å². The lowest BCUT2D eigenvalue weighted by Gasteiger charge is -2.26. The Kier molecular flexibility index (Phi) is 7.31. The molecule has 5 heteroatoms. The van der Waals surface area contributed by atoms with Crippen LogP contribution in [0.2, 0.25) is 0 Å². The lowest BCUT2D eigenvalue weighted by atomic mass is 10.0.